The zero-order valence-corrected chi connectivity index (χ0v) is 9.44. The van der Waals surface area contributed by atoms with Gasteiger partial charge in [-0.15, -0.1) is 0 Å². The summed E-state index contributed by atoms with van der Waals surface area (Å²) in [7, 11) is 1.86. The Balaban J connectivity index is 2.77. The first-order chi connectivity index (χ1) is 6.92. The summed E-state index contributed by atoms with van der Waals surface area (Å²) in [4.78, 5) is 6.04. The van der Waals surface area contributed by atoms with Crippen molar-refractivity contribution in [2.24, 2.45) is 0 Å². The van der Waals surface area contributed by atoms with Gasteiger partial charge in [0.25, 0.3) is 0 Å². The molecule has 0 spiro atoms. The van der Waals surface area contributed by atoms with Crippen LogP contribution in [0.2, 0.25) is 0 Å². The van der Waals surface area contributed by atoms with Gasteiger partial charge in [-0.05, 0) is 31.5 Å². The Kier molecular flexibility index (Phi) is 3.66. The number of aromatic nitrogens is 1. The van der Waals surface area contributed by atoms with E-state index in [1.807, 2.05) is 18.0 Å². The minimum Gasteiger partial charge on any atom is -0.392 e. The largest absolute Gasteiger partial charge is 0.392 e. The highest BCUT2D eigenvalue weighted by Crippen LogP contribution is 2.14. The van der Waals surface area contributed by atoms with Crippen LogP contribution in [0, 0.1) is 0 Å². The van der Waals surface area contributed by atoms with Gasteiger partial charge in [-0.3, -0.25) is 0 Å². The molecule has 1 aromatic rings. The minimum absolute atomic E-state index is 0.00583. The smallest absolute Gasteiger partial charge is 0.128 e. The molecule has 4 heteroatoms. The fraction of sp³-hybridized carbons (Fsp3) is 0.545. The maximum absolute atomic E-state index is 9.66. The molecule has 0 aliphatic carbocycles. The van der Waals surface area contributed by atoms with Crippen molar-refractivity contribution >= 4 is 5.82 Å². The Bertz CT molecular complexity index is 321. The van der Waals surface area contributed by atoms with E-state index < -0.39 is 5.60 Å². The van der Waals surface area contributed by atoms with E-state index in [1.165, 1.54) is 0 Å². The van der Waals surface area contributed by atoms with Crippen molar-refractivity contribution < 1.29 is 10.2 Å². The van der Waals surface area contributed by atoms with Gasteiger partial charge in [0.1, 0.15) is 5.82 Å². The van der Waals surface area contributed by atoms with Crippen molar-refractivity contribution in [2.45, 2.75) is 26.1 Å². The summed E-state index contributed by atoms with van der Waals surface area (Å²) < 4.78 is 0. The van der Waals surface area contributed by atoms with E-state index in [0.717, 1.165) is 11.4 Å². The zero-order valence-electron chi connectivity index (χ0n) is 9.44. The first-order valence-corrected chi connectivity index (χ1v) is 4.92. The van der Waals surface area contributed by atoms with Crippen LogP contribution in [0.4, 0.5) is 5.82 Å². The van der Waals surface area contributed by atoms with E-state index in [4.69, 9.17) is 5.11 Å². The highest BCUT2D eigenvalue weighted by molar-refractivity contribution is 5.40. The van der Waals surface area contributed by atoms with Crippen LogP contribution < -0.4 is 4.90 Å². The lowest BCUT2D eigenvalue weighted by Crippen LogP contribution is -2.36. The van der Waals surface area contributed by atoms with Crippen molar-refractivity contribution in [3.63, 3.8) is 0 Å². The molecule has 15 heavy (non-hydrogen) atoms. The number of pyridine rings is 1. The lowest BCUT2D eigenvalue weighted by atomic mass is 10.1. The van der Waals surface area contributed by atoms with E-state index in [0.29, 0.717) is 6.54 Å². The van der Waals surface area contributed by atoms with Crippen molar-refractivity contribution in [3.05, 3.63) is 23.9 Å². The molecule has 1 heterocycles. The summed E-state index contributed by atoms with van der Waals surface area (Å²) in [5.41, 5.74) is 0.0636. The number of rotatable bonds is 4. The van der Waals surface area contributed by atoms with Gasteiger partial charge in [0.05, 0.1) is 12.2 Å². The van der Waals surface area contributed by atoms with Crippen molar-refractivity contribution in [3.8, 4) is 0 Å². The third kappa shape index (κ3) is 3.85. The second-order valence-electron chi connectivity index (χ2n) is 4.35. The molecule has 1 aromatic heterocycles. The van der Waals surface area contributed by atoms with E-state index in [9.17, 15) is 5.11 Å². The molecule has 4 nitrogen and oxygen atoms in total. The summed E-state index contributed by atoms with van der Waals surface area (Å²) in [6, 6.07) is 3.58. The normalized spacial score (nSPS) is 11.5. The molecule has 0 aromatic carbocycles. The summed E-state index contributed by atoms with van der Waals surface area (Å²) >= 11 is 0. The van der Waals surface area contributed by atoms with E-state index in [2.05, 4.69) is 4.98 Å². The zero-order chi connectivity index (χ0) is 11.5. The van der Waals surface area contributed by atoms with Gasteiger partial charge in [0.2, 0.25) is 0 Å². The van der Waals surface area contributed by atoms with Gasteiger partial charge in [-0.2, -0.15) is 0 Å². The van der Waals surface area contributed by atoms with Crippen LogP contribution in [0.5, 0.6) is 0 Å². The molecule has 0 amide bonds. The van der Waals surface area contributed by atoms with Crippen LogP contribution in [0.25, 0.3) is 0 Å². The number of likely N-dealkylation sites (N-methyl/N-ethyl adjacent to an activating group) is 1. The maximum atomic E-state index is 9.66. The molecular weight excluding hydrogens is 192 g/mol. The van der Waals surface area contributed by atoms with Gasteiger partial charge in [-0.1, -0.05) is 0 Å². The van der Waals surface area contributed by atoms with Crippen molar-refractivity contribution in [1.29, 1.82) is 0 Å². The molecule has 0 saturated heterocycles. The van der Waals surface area contributed by atoms with Crippen molar-refractivity contribution in [2.75, 3.05) is 18.5 Å². The molecule has 0 radical (unpaired) electrons. The van der Waals surface area contributed by atoms with Crippen LogP contribution in [0.3, 0.4) is 0 Å². The Labute approximate surface area is 90.2 Å². The third-order valence-electron chi connectivity index (χ3n) is 2.01. The Morgan fingerprint density at radius 1 is 1.47 bits per heavy atom. The van der Waals surface area contributed by atoms with Crippen LogP contribution in [-0.4, -0.2) is 34.4 Å². The van der Waals surface area contributed by atoms with Crippen LogP contribution in [-0.2, 0) is 6.61 Å². The highest BCUT2D eigenvalue weighted by Gasteiger charge is 2.16. The molecule has 0 unspecified atom stereocenters. The topological polar surface area (TPSA) is 56.6 Å². The van der Waals surface area contributed by atoms with Crippen LogP contribution in [0.1, 0.15) is 19.4 Å². The van der Waals surface area contributed by atoms with Crippen LogP contribution >= 0.6 is 0 Å². The average Bonchev–Trinajstić information content (AvgIpc) is 2.15. The van der Waals surface area contributed by atoms with Crippen molar-refractivity contribution in [1.82, 2.24) is 4.98 Å². The molecule has 0 bridgehead atoms. The van der Waals surface area contributed by atoms with E-state index in [-0.39, 0.29) is 6.61 Å². The summed E-state index contributed by atoms with van der Waals surface area (Å²) in [5.74, 6) is 0.753. The maximum Gasteiger partial charge on any atom is 0.128 e. The summed E-state index contributed by atoms with van der Waals surface area (Å²) in [6.45, 7) is 4.00. The van der Waals surface area contributed by atoms with Gasteiger partial charge in [0, 0.05) is 19.8 Å². The Morgan fingerprint density at radius 2 is 2.13 bits per heavy atom. The molecule has 0 aliphatic rings. The highest BCUT2D eigenvalue weighted by atomic mass is 16.3. The second kappa shape index (κ2) is 4.59. The molecule has 84 valence electrons. The number of hydrogen-bond acceptors (Lipinski definition) is 4. The Hall–Kier alpha value is -1.13. The molecule has 2 N–H and O–H groups in total. The number of hydrogen-bond donors (Lipinski definition) is 2. The first kappa shape index (κ1) is 11.9. The lowest BCUT2D eigenvalue weighted by molar-refractivity contribution is 0.0884. The second-order valence-corrected chi connectivity index (χ2v) is 4.35. The van der Waals surface area contributed by atoms with E-state index >= 15 is 0 Å². The molecule has 1 rings (SSSR count). The number of anilines is 1. The monoisotopic (exact) mass is 210 g/mol. The van der Waals surface area contributed by atoms with Crippen LogP contribution in [0.15, 0.2) is 18.3 Å². The number of aliphatic hydroxyl groups excluding tert-OH is 1. The quantitative estimate of drug-likeness (QED) is 0.771. The van der Waals surface area contributed by atoms with Gasteiger partial charge in [0.15, 0.2) is 0 Å². The fourth-order valence-electron chi connectivity index (χ4n) is 1.43. The van der Waals surface area contributed by atoms with E-state index in [1.54, 1.807) is 26.1 Å². The lowest BCUT2D eigenvalue weighted by Gasteiger charge is -2.26. The summed E-state index contributed by atoms with van der Waals surface area (Å²) in [6.07, 6.45) is 1.65. The average molecular weight is 210 g/mol. The third-order valence-corrected chi connectivity index (χ3v) is 2.01. The minimum atomic E-state index is -0.758. The van der Waals surface area contributed by atoms with Gasteiger partial charge >= 0.3 is 0 Å². The Morgan fingerprint density at radius 3 is 2.67 bits per heavy atom. The number of aliphatic hydroxyl groups is 2. The number of nitrogens with zero attached hydrogens (tertiary/aromatic N) is 2. The SMILES string of the molecule is CN(CC(C)(C)O)c1cc(CO)ccn1. The molecule has 0 fully saturated rings. The molecule has 0 aliphatic heterocycles. The van der Waals surface area contributed by atoms with Gasteiger partial charge < -0.3 is 15.1 Å². The molecule has 0 saturated carbocycles. The van der Waals surface area contributed by atoms with Gasteiger partial charge in [-0.25, -0.2) is 4.98 Å². The molecule has 0 atom stereocenters. The standard InChI is InChI=1S/C11H18N2O2/c1-11(2,15)8-13(3)10-6-9(7-14)4-5-12-10/h4-6,14-15H,7-8H2,1-3H3. The first-order valence-electron chi connectivity index (χ1n) is 4.92. The fourth-order valence-corrected chi connectivity index (χ4v) is 1.43. The summed E-state index contributed by atoms with van der Waals surface area (Å²) in [5, 5.41) is 18.6. The predicted octanol–water partition coefficient (Wildman–Crippen LogP) is 0.781. The molecular formula is C11H18N2O2. The predicted molar refractivity (Wildman–Crippen MR) is 59.7 cm³/mol.